The Kier molecular flexibility index (Phi) is 4.44. The van der Waals surface area contributed by atoms with Crippen LogP contribution in [-0.4, -0.2) is 11.8 Å². The van der Waals surface area contributed by atoms with Crippen LogP contribution in [0.25, 0.3) is 6.08 Å². The zero-order chi connectivity index (χ0) is 11.1. The Morgan fingerprint density at radius 2 is 2.13 bits per heavy atom. The molecule has 0 aromatic heterocycles. The monoisotopic (exact) mass is 205 g/mol. The van der Waals surface area contributed by atoms with Gasteiger partial charge in [0.25, 0.3) is 0 Å². The number of nitrogens with one attached hydrogen (secondary N) is 1. The van der Waals surface area contributed by atoms with Crippen LogP contribution in [-0.2, 0) is 0 Å². The second-order valence-corrected chi connectivity index (χ2v) is 2.97. The van der Waals surface area contributed by atoms with Crippen LogP contribution in [0.1, 0.15) is 12.5 Å². The lowest BCUT2D eigenvalue weighted by molar-refractivity contribution is 0.205. The molecule has 0 saturated heterocycles. The third-order valence-corrected chi connectivity index (χ3v) is 1.81. The molecule has 0 saturated carbocycles. The van der Waals surface area contributed by atoms with Gasteiger partial charge in [-0.1, -0.05) is 24.8 Å². The van der Waals surface area contributed by atoms with E-state index in [4.69, 9.17) is 9.94 Å². The molecule has 0 aliphatic carbocycles. The lowest BCUT2D eigenvalue weighted by Gasteiger charge is -2.02. The van der Waals surface area contributed by atoms with Crippen LogP contribution in [0.15, 0.2) is 42.6 Å². The highest BCUT2D eigenvalue weighted by atomic mass is 16.5. The minimum absolute atomic E-state index is 0.448. The van der Waals surface area contributed by atoms with E-state index in [0.717, 1.165) is 11.3 Å². The summed E-state index contributed by atoms with van der Waals surface area (Å²) < 4.78 is 5.31. The fourth-order valence-electron chi connectivity index (χ4n) is 1.08. The number of hydrogen-bond acceptors (Lipinski definition) is 3. The predicted molar refractivity (Wildman–Crippen MR) is 60.7 cm³/mol. The molecular weight excluding hydrogens is 190 g/mol. The molecule has 0 heterocycles. The van der Waals surface area contributed by atoms with Crippen molar-refractivity contribution in [3.05, 3.63) is 48.2 Å². The number of rotatable bonds is 5. The summed E-state index contributed by atoms with van der Waals surface area (Å²) in [6.45, 7) is 6.18. The number of hydrogen-bond donors (Lipinski definition) is 2. The minimum Gasteiger partial charge on any atom is -0.494 e. The molecule has 3 nitrogen and oxygen atoms in total. The first kappa shape index (κ1) is 11.3. The van der Waals surface area contributed by atoms with Crippen LogP contribution in [0.2, 0.25) is 0 Å². The normalized spacial score (nSPS) is 10.3. The van der Waals surface area contributed by atoms with Crippen molar-refractivity contribution in [2.24, 2.45) is 0 Å². The zero-order valence-corrected chi connectivity index (χ0v) is 8.73. The van der Waals surface area contributed by atoms with Crippen molar-refractivity contribution < 1.29 is 9.94 Å². The van der Waals surface area contributed by atoms with Crippen molar-refractivity contribution in [1.82, 2.24) is 5.48 Å². The molecule has 1 rings (SSSR count). The number of ether oxygens (including phenoxy) is 1. The summed E-state index contributed by atoms with van der Waals surface area (Å²) in [7, 11) is 0. The van der Waals surface area contributed by atoms with Crippen LogP contribution >= 0.6 is 0 Å². The van der Waals surface area contributed by atoms with E-state index in [1.807, 2.05) is 42.7 Å². The SMILES string of the molecule is C=C(C=Cc1ccc(OCC)cc1)NO. The van der Waals surface area contributed by atoms with Gasteiger partial charge in [0.05, 0.1) is 12.3 Å². The first-order chi connectivity index (χ1) is 7.26. The highest BCUT2D eigenvalue weighted by Gasteiger charge is 1.91. The van der Waals surface area contributed by atoms with E-state index in [1.165, 1.54) is 0 Å². The first-order valence-electron chi connectivity index (χ1n) is 4.76. The molecule has 0 spiro atoms. The second-order valence-electron chi connectivity index (χ2n) is 2.97. The van der Waals surface area contributed by atoms with Crippen molar-refractivity contribution in [2.45, 2.75) is 6.92 Å². The van der Waals surface area contributed by atoms with Crippen LogP contribution < -0.4 is 10.2 Å². The smallest absolute Gasteiger partial charge is 0.119 e. The molecular formula is C12H15NO2. The molecule has 0 aliphatic heterocycles. The Morgan fingerprint density at radius 1 is 1.47 bits per heavy atom. The highest BCUT2D eigenvalue weighted by molar-refractivity contribution is 5.53. The fourth-order valence-corrected chi connectivity index (χ4v) is 1.08. The Labute approximate surface area is 89.7 Å². The third-order valence-electron chi connectivity index (χ3n) is 1.81. The van der Waals surface area contributed by atoms with Crippen molar-refractivity contribution in [2.75, 3.05) is 6.61 Å². The van der Waals surface area contributed by atoms with Gasteiger partial charge < -0.3 is 4.74 Å². The molecule has 15 heavy (non-hydrogen) atoms. The van der Waals surface area contributed by atoms with Gasteiger partial charge in [-0.25, -0.2) is 0 Å². The Morgan fingerprint density at radius 3 is 2.67 bits per heavy atom. The topological polar surface area (TPSA) is 41.5 Å². The van der Waals surface area contributed by atoms with E-state index in [2.05, 4.69) is 6.58 Å². The van der Waals surface area contributed by atoms with E-state index in [1.54, 1.807) is 6.08 Å². The molecule has 0 fully saturated rings. The summed E-state index contributed by atoms with van der Waals surface area (Å²) in [5.41, 5.74) is 3.43. The van der Waals surface area contributed by atoms with Crippen molar-refractivity contribution in [1.29, 1.82) is 0 Å². The average molecular weight is 205 g/mol. The summed E-state index contributed by atoms with van der Waals surface area (Å²) in [5, 5.41) is 8.51. The first-order valence-corrected chi connectivity index (χ1v) is 4.76. The summed E-state index contributed by atoms with van der Waals surface area (Å²) in [4.78, 5) is 0. The van der Waals surface area contributed by atoms with Gasteiger partial charge in [-0.05, 0) is 30.7 Å². The molecule has 0 bridgehead atoms. The maximum absolute atomic E-state index is 8.51. The van der Waals surface area contributed by atoms with Gasteiger partial charge in [0.15, 0.2) is 0 Å². The zero-order valence-electron chi connectivity index (χ0n) is 8.73. The van der Waals surface area contributed by atoms with Crippen LogP contribution in [0.4, 0.5) is 0 Å². The van der Waals surface area contributed by atoms with E-state index in [-0.39, 0.29) is 0 Å². The van der Waals surface area contributed by atoms with Crippen molar-refractivity contribution >= 4 is 6.08 Å². The molecule has 1 aromatic carbocycles. The van der Waals surface area contributed by atoms with E-state index in [0.29, 0.717) is 12.3 Å². The highest BCUT2D eigenvalue weighted by Crippen LogP contribution is 2.13. The molecule has 0 atom stereocenters. The second kappa shape index (κ2) is 5.88. The minimum atomic E-state index is 0.448. The third kappa shape index (κ3) is 3.87. The van der Waals surface area contributed by atoms with Crippen LogP contribution in [0.5, 0.6) is 5.75 Å². The molecule has 0 radical (unpaired) electrons. The lowest BCUT2D eigenvalue weighted by atomic mass is 10.2. The molecule has 2 N–H and O–H groups in total. The number of benzene rings is 1. The largest absolute Gasteiger partial charge is 0.494 e. The van der Waals surface area contributed by atoms with Crippen LogP contribution in [0, 0.1) is 0 Å². The fraction of sp³-hybridized carbons (Fsp3) is 0.167. The van der Waals surface area contributed by atoms with Crippen molar-refractivity contribution in [3.63, 3.8) is 0 Å². The van der Waals surface area contributed by atoms with Gasteiger partial charge >= 0.3 is 0 Å². The Bertz CT molecular complexity index is 341. The quantitative estimate of drug-likeness (QED) is 0.573. The molecule has 0 aliphatic rings. The predicted octanol–water partition coefficient (Wildman–Crippen LogP) is 2.59. The number of allylic oxidation sites excluding steroid dienone is 1. The number of hydroxylamine groups is 1. The standard InChI is InChI=1S/C12H15NO2/c1-3-15-12-8-6-11(7-9-12)5-4-10(2)13-14/h4-9,13-14H,2-3H2,1H3. The van der Waals surface area contributed by atoms with Gasteiger partial charge in [0.1, 0.15) is 5.75 Å². The maximum Gasteiger partial charge on any atom is 0.119 e. The van der Waals surface area contributed by atoms with Gasteiger partial charge in [-0.2, -0.15) is 0 Å². The van der Waals surface area contributed by atoms with Crippen molar-refractivity contribution in [3.8, 4) is 5.75 Å². The lowest BCUT2D eigenvalue weighted by Crippen LogP contribution is -2.01. The van der Waals surface area contributed by atoms with E-state index in [9.17, 15) is 0 Å². The average Bonchev–Trinajstić information content (AvgIpc) is 2.28. The molecule has 0 unspecified atom stereocenters. The van der Waals surface area contributed by atoms with Gasteiger partial charge in [-0.3, -0.25) is 10.7 Å². The van der Waals surface area contributed by atoms with Gasteiger partial charge in [0, 0.05) is 0 Å². The van der Waals surface area contributed by atoms with E-state index >= 15 is 0 Å². The van der Waals surface area contributed by atoms with Crippen LogP contribution in [0.3, 0.4) is 0 Å². The Balaban J connectivity index is 2.64. The molecule has 80 valence electrons. The summed E-state index contributed by atoms with van der Waals surface area (Å²) in [6, 6.07) is 7.68. The Hall–Kier alpha value is -1.74. The molecule has 3 heteroatoms. The van der Waals surface area contributed by atoms with Gasteiger partial charge in [0.2, 0.25) is 0 Å². The summed E-state index contributed by atoms with van der Waals surface area (Å²) >= 11 is 0. The summed E-state index contributed by atoms with van der Waals surface area (Å²) in [6.07, 6.45) is 3.54. The van der Waals surface area contributed by atoms with Gasteiger partial charge in [-0.15, -0.1) is 0 Å². The maximum atomic E-state index is 8.51. The molecule has 1 aromatic rings. The summed E-state index contributed by atoms with van der Waals surface area (Å²) in [5.74, 6) is 0.855. The molecule has 0 amide bonds. The van der Waals surface area contributed by atoms with E-state index < -0.39 is 0 Å².